The molecule has 0 bridgehead atoms. The molecule has 0 atom stereocenters. The molecular weight excluding hydrogens is 216 g/mol. The van der Waals surface area contributed by atoms with E-state index in [4.69, 9.17) is 15.6 Å². The lowest BCUT2D eigenvalue weighted by Gasteiger charge is -2.08. The highest BCUT2D eigenvalue weighted by Gasteiger charge is 2.26. The third kappa shape index (κ3) is 2.02. The van der Waals surface area contributed by atoms with Crippen LogP contribution in [0.15, 0.2) is 12.1 Å². The van der Waals surface area contributed by atoms with Gasteiger partial charge >= 0.3 is 11.7 Å². The van der Waals surface area contributed by atoms with Crippen LogP contribution in [0.2, 0.25) is 0 Å². The average molecular weight is 226 g/mol. The molecule has 0 aliphatic rings. The molecule has 86 valence electrons. The highest BCUT2D eigenvalue weighted by atomic mass is 16.6. The molecule has 0 amide bonds. The highest BCUT2D eigenvalue weighted by Crippen LogP contribution is 2.36. The molecule has 1 aromatic rings. The van der Waals surface area contributed by atoms with Gasteiger partial charge in [-0.3, -0.25) is 10.1 Å². The lowest BCUT2D eigenvalue weighted by Crippen LogP contribution is -2.07. The summed E-state index contributed by atoms with van der Waals surface area (Å²) in [6.07, 6.45) is 0. The number of benzene rings is 1. The van der Waals surface area contributed by atoms with Crippen LogP contribution in [-0.4, -0.2) is 22.6 Å². The maximum Gasteiger partial charge on any atom is 0.339 e. The Bertz CT molecular complexity index is 444. The third-order valence-corrected chi connectivity index (χ3v) is 1.86. The molecule has 0 aliphatic carbocycles. The van der Waals surface area contributed by atoms with E-state index < -0.39 is 16.6 Å². The number of nitrogens with two attached hydrogens (primary N) is 1. The predicted molar refractivity (Wildman–Crippen MR) is 55.6 cm³/mol. The molecule has 3 N–H and O–H groups in total. The van der Waals surface area contributed by atoms with E-state index in [1.165, 1.54) is 12.1 Å². The first kappa shape index (κ1) is 11.8. The lowest BCUT2D eigenvalue weighted by molar-refractivity contribution is -0.384. The number of hydrogen-bond acceptors (Lipinski definition) is 5. The number of hydrogen-bond donors (Lipinski definition) is 2. The van der Waals surface area contributed by atoms with Crippen molar-refractivity contribution in [3.8, 4) is 5.75 Å². The van der Waals surface area contributed by atoms with Crippen molar-refractivity contribution in [2.24, 2.45) is 0 Å². The van der Waals surface area contributed by atoms with Crippen molar-refractivity contribution >= 4 is 17.3 Å². The maximum absolute atomic E-state index is 10.8. The maximum atomic E-state index is 10.8. The Hall–Kier alpha value is -2.31. The molecule has 0 saturated carbocycles. The molecule has 0 aliphatic heterocycles. The zero-order valence-electron chi connectivity index (χ0n) is 8.47. The first-order valence-corrected chi connectivity index (χ1v) is 4.42. The second-order valence-corrected chi connectivity index (χ2v) is 2.88. The van der Waals surface area contributed by atoms with Gasteiger partial charge in [0, 0.05) is 0 Å². The smallest absolute Gasteiger partial charge is 0.339 e. The Morgan fingerprint density at radius 3 is 2.69 bits per heavy atom. The molecule has 0 spiro atoms. The number of carboxylic acid groups (broad SMARTS) is 1. The fourth-order valence-corrected chi connectivity index (χ4v) is 1.23. The van der Waals surface area contributed by atoms with E-state index in [-0.39, 0.29) is 23.6 Å². The van der Waals surface area contributed by atoms with Gasteiger partial charge in [-0.15, -0.1) is 0 Å². The number of nitrogens with zero attached hydrogens (tertiary/aromatic N) is 1. The summed E-state index contributed by atoms with van der Waals surface area (Å²) >= 11 is 0. The molecule has 1 rings (SSSR count). The molecule has 0 radical (unpaired) electrons. The van der Waals surface area contributed by atoms with Gasteiger partial charge in [-0.05, 0) is 19.1 Å². The van der Waals surface area contributed by atoms with Crippen molar-refractivity contribution < 1.29 is 19.6 Å². The number of nitrogen functional groups attached to an aromatic ring is 1. The summed E-state index contributed by atoms with van der Waals surface area (Å²) < 4.78 is 4.97. The number of carboxylic acids is 1. The van der Waals surface area contributed by atoms with Gasteiger partial charge in [-0.25, -0.2) is 4.79 Å². The summed E-state index contributed by atoms with van der Waals surface area (Å²) in [5, 5.41) is 19.6. The van der Waals surface area contributed by atoms with E-state index in [9.17, 15) is 14.9 Å². The standard InChI is InChI=1S/C9H10N2O5/c1-2-16-8-5(9(12)13)3-4-6(10)7(8)11(14)15/h3-4H,2,10H2,1H3,(H,12,13). The minimum absolute atomic E-state index is 0.116. The topological polar surface area (TPSA) is 116 Å². The molecule has 7 nitrogen and oxygen atoms in total. The summed E-state index contributed by atoms with van der Waals surface area (Å²) in [4.78, 5) is 20.8. The number of aromatic carboxylic acids is 1. The quantitative estimate of drug-likeness (QED) is 0.453. The van der Waals surface area contributed by atoms with Gasteiger partial charge in [0.15, 0.2) is 0 Å². The average Bonchev–Trinajstić information content (AvgIpc) is 2.17. The van der Waals surface area contributed by atoms with Crippen LogP contribution in [0.5, 0.6) is 5.75 Å². The Balaban J connectivity index is 3.49. The van der Waals surface area contributed by atoms with E-state index in [0.29, 0.717) is 0 Å². The normalized spacial score (nSPS) is 9.81. The highest BCUT2D eigenvalue weighted by molar-refractivity contribution is 5.94. The number of carbonyl (C=O) groups is 1. The van der Waals surface area contributed by atoms with Crippen LogP contribution in [-0.2, 0) is 0 Å². The summed E-state index contributed by atoms with van der Waals surface area (Å²) in [5.41, 5.74) is 4.49. The molecular formula is C9H10N2O5. The minimum atomic E-state index is -1.30. The van der Waals surface area contributed by atoms with Crippen molar-refractivity contribution in [1.29, 1.82) is 0 Å². The van der Waals surface area contributed by atoms with Crippen molar-refractivity contribution in [1.82, 2.24) is 0 Å². The van der Waals surface area contributed by atoms with Crippen LogP contribution in [0.1, 0.15) is 17.3 Å². The van der Waals surface area contributed by atoms with E-state index >= 15 is 0 Å². The van der Waals surface area contributed by atoms with Crippen LogP contribution in [0.3, 0.4) is 0 Å². The molecule has 0 unspecified atom stereocenters. The van der Waals surface area contributed by atoms with Gasteiger partial charge in [0.25, 0.3) is 0 Å². The van der Waals surface area contributed by atoms with E-state index in [1.807, 2.05) is 0 Å². The fraction of sp³-hybridized carbons (Fsp3) is 0.222. The molecule has 0 saturated heterocycles. The first-order chi connectivity index (χ1) is 7.49. The summed E-state index contributed by atoms with van der Waals surface area (Å²) in [6.45, 7) is 1.71. The molecule has 0 fully saturated rings. The van der Waals surface area contributed by atoms with Crippen molar-refractivity contribution in [3.05, 3.63) is 27.8 Å². The second kappa shape index (κ2) is 4.47. The Morgan fingerprint density at radius 1 is 1.62 bits per heavy atom. The van der Waals surface area contributed by atoms with Crippen LogP contribution < -0.4 is 10.5 Å². The predicted octanol–water partition coefficient (Wildman–Crippen LogP) is 1.27. The Labute approximate surface area is 90.6 Å². The summed E-state index contributed by atoms with van der Waals surface area (Å²) in [7, 11) is 0. The second-order valence-electron chi connectivity index (χ2n) is 2.88. The van der Waals surface area contributed by atoms with E-state index in [1.54, 1.807) is 6.92 Å². The minimum Gasteiger partial charge on any atom is -0.486 e. The van der Waals surface area contributed by atoms with Crippen LogP contribution in [0.25, 0.3) is 0 Å². The monoisotopic (exact) mass is 226 g/mol. The SMILES string of the molecule is CCOc1c(C(=O)O)ccc(N)c1[N+](=O)[O-]. The van der Waals surface area contributed by atoms with Gasteiger partial charge in [0.1, 0.15) is 11.3 Å². The Morgan fingerprint density at radius 2 is 2.25 bits per heavy atom. The number of ether oxygens (including phenoxy) is 1. The van der Waals surface area contributed by atoms with Crippen LogP contribution >= 0.6 is 0 Å². The van der Waals surface area contributed by atoms with Gasteiger partial charge in [-0.2, -0.15) is 0 Å². The summed E-state index contributed by atoms with van der Waals surface area (Å²) in [6, 6.07) is 2.35. The molecule has 16 heavy (non-hydrogen) atoms. The molecule has 0 aromatic heterocycles. The lowest BCUT2D eigenvalue weighted by atomic mass is 10.1. The first-order valence-electron chi connectivity index (χ1n) is 4.42. The zero-order chi connectivity index (χ0) is 12.3. The summed E-state index contributed by atoms with van der Waals surface area (Å²) in [5.74, 6) is -1.61. The number of nitro groups is 1. The fourth-order valence-electron chi connectivity index (χ4n) is 1.23. The van der Waals surface area contributed by atoms with Gasteiger partial charge in [0.05, 0.1) is 11.5 Å². The van der Waals surface area contributed by atoms with Crippen molar-refractivity contribution in [2.45, 2.75) is 6.92 Å². The molecule has 1 aromatic carbocycles. The van der Waals surface area contributed by atoms with E-state index in [2.05, 4.69) is 0 Å². The molecule has 0 heterocycles. The van der Waals surface area contributed by atoms with Crippen LogP contribution in [0.4, 0.5) is 11.4 Å². The number of nitro benzene ring substituents is 1. The van der Waals surface area contributed by atoms with Crippen molar-refractivity contribution in [2.75, 3.05) is 12.3 Å². The zero-order valence-corrected chi connectivity index (χ0v) is 8.47. The van der Waals surface area contributed by atoms with Gasteiger partial charge < -0.3 is 15.6 Å². The number of rotatable bonds is 4. The molecule has 7 heteroatoms. The Kier molecular flexibility index (Phi) is 3.29. The van der Waals surface area contributed by atoms with E-state index in [0.717, 1.165) is 0 Å². The van der Waals surface area contributed by atoms with Gasteiger partial charge in [0.2, 0.25) is 5.75 Å². The van der Waals surface area contributed by atoms with Crippen LogP contribution in [0, 0.1) is 10.1 Å². The largest absolute Gasteiger partial charge is 0.486 e. The van der Waals surface area contributed by atoms with Crippen molar-refractivity contribution in [3.63, 3.8) is 0 Å². The van der Waals surface area contributed by atoms with Gasteiger partial charge in [-0.1, -0.05) is 0 Å². The third-order valence-electron chi connectivity index (χ3n) is 1.86. The number of anilines is 1.